The van der Waals surface area contributed by atoms with E-state index in [4.69, 9.17) is 11.6 Å². The van der Waals surface area contributed by atoms with E-state index in [2.05, 4.69) is 10.3 Å². The number of likely N-dealkylation sites (N-methyl/N-ethyl adjacent to an activating group) is 1. The largest absolute Gasteiger partial charge is 0.357 e. The van der Waals surface area contributed by atoms with Crippen LogP contribution < -0.4 is 5.32 Å². The van der Waals surface area contributed by atoms with Crippen LogP contribution in [0.2, 0.25) is 5.02 Å². The number of fused-ring (bicyclic) bond motifs is 1. The van der Waals surface area contributed by atoms with Gasteiger partial charge in [0.15, 0.2) is 0 Å². The Morgan fingerprint density at radius 3 is 2.83 bits per heavy atom. The third-order valence-electron chi connectivity index (χ3n) is 6.08. The summed E-state index contributed by atoms with van der Waals surface area (Å²) in [5.41, 5.74) is 1.81. The van der Waals surface area contributed by atoms with Gasteiger partial charge in [-0.05, 0) is 37.1 Å². The van der Waals surface area contributed by atoms with Crippen molar-refractivity contribution in [3.8, 4) is 0 Å². The summed E-state index contributed by atoms with van der Waals surface area (Å²) >= 11 is 6.01. The Morgan fingerprint density at radius 1 is 1.33 bits per heavy atom. The second-order valence-electron chi connectivity index (χ2n) is 8.34. The van der Waals surface area contributed by atoms with E-state index in [0.29, 0.717) is 24.7 Å². The van der Waals surface area contributed by atoms with E-state index in [1.807, 2.05) is 18.2 Å². The molecule has 2 N–H and O–H groups in total. The number of H-pyrrole nitrogens is 1. The van der Waals surface area contributed by atoms with Crippen LogP contribution in [-0.4, -0.2) is 58.8 Å². The second-order valence-corrected chi connectivity index (χ2v) is 8.77. The van der Waals surface area contributed by atoms with E-state index in [0.717, 1.165) is 29.4 Å². The summed E-state index contributed by atoms with van der Waals surface area (Å²) in [6.45, 7) is 1.28. The molecule has 0 unspecified atom stereocenters. The Hall–Kier alpha value is -2.35. The molecule has 1 aliphatic carbocycles. The molecular formula is C21H25ClF2N4O2. The van der Waals surface area contributed by atoms with Gasteiger partial charge in [0, 0.05) is 60.5 Å². The van der Waals surface area contributed by atoms with Crippen molar-refractivity contribution < 1.29 is 18.4 Å². The number of carbonyl (C=O) groups excluding carboxylic acids is 2. The van der Waals surface area contributed by atoms with Gasteiger partial charge in [-0.2, -0.15) is 0 Å². The number of aromatic amines is 1. The molecule has 0 spiro atoms. The minimum atomic E-state index is -2.71. The summed E-state index contributed by atoms with van der Waals surface area (Å²) in [4.78, 5) is 31.6. The van der Waals surface area contributed by atoms with Crippen molar-refractivity contribution >= 4 is 34.4 Å². The molecule has 2 aliphatic rings. The molecule has 30 heavy (non-hydrogen) atoms. The maximum Gasteiger partial charge on any atom is 0.317 e. The first-order chi connectivity index (χ1) is 14.2. The number of hydrogen-bond acceptors (Lipinski definition) is 2. The number of aromatic nitrogens is 1. The van der Waals surface area contributed by atoms with Crippen molar-refractivity contribution in [2.45, 2.75) is 44.2 Å². The van der Waals surface area contributed by atoms with Crippen molar-refractivity contribution in [2.24, 2.45) is 5.92 Å². The zero-order valence-electron chi connectivity index (χ0n) is 16.8. The number of amides is 3. The topological polar surface area (TPSA) is 68.4 Å². The van der Waals surface area contributed by atoms with E-state index in [9.17, 15) is 18.4 Å². The molecule has 1 atom stereocenters. The minimum Gasteiger partial charge on any atom is -0.357 e. The first-order valence-electron chi connectivity index (χ1n) is 10.2. The number of carbonyl (C=O) groups is 2. The van der Waals surface area contributed by atoms with Gasteiger partial charge in [0.2, 0.25) is 11.8 Å². The Labute approximate surface area is 178 Å². The molecule has 2 heterocycles. The highest BCUT2D eigenvalue weighted by Crippen LogP contribution is 2.43. The van der Waals surface area contributed by atoms with E-state index >= 15 is 0 Å². The maximum absolute atomic E-state index is 13.1. The summed E-state index contributed by atoms with van der Waals surface area (Å²) in [7, 11) is 1.70. The Morgan fingerprint density at radius 2 is 2.10 bits per heavy atom. The fourth-order valence-corrected chi connectivity index (χ4v) is 4.47. The summed E-state index contributed by atoms with van der Waals surface area (Å²) in [5.74, 6) is -3.51. The zero-order valence-corrected chi connectivity index (χ0v) is 17.5. The third-order valence-corrected chi connectivity index (χ3v) is 6.32. The van der Waals surface area contributed by atoms with Gasteiger partial charge in [0.1, 0.15) is 0 Å². The molecule has 4 rings (SSSR count). The first kappa shape index (κ1) is 20.9. The van der Waals surface area contributed by atoms with Crippen LogP contribution in [0.25, 0.3) is 10.9 Å². The monoisotopic (exact) mass is 438 g/mol. The quantitative estimate of drug-likeness (QED) is 0.757. The van der Waals surface area contributed by atoms with E-state index in [1.54, 1.807) is 22.9 Å². The lowest BCUT2D eigenvalue weighted by Gasteiger charge is -2.42. The Balaban J connectivity index is 1.31. The van der Waals surface area contributed by atoms with Crippen molar-refractivity contribution in [1.29, 1.82) is 0 Å². The molecule has 2 fully saturated rings. The minimum absolute atomic E-state index is 0.134. The maximum atomic E-state index is 13.1. The molecule has 1 aliphatic heterocycles. The van der Waals surface area contributed by atoms with Gasteiger partial charge in [-0.15, -0.1) is 0 Å². The molecule has 0 radical (unpaired) electrons. The molecule has 2 aromatic rings. The predicted octanol–water partition coefficient (Wildman–Crippen LogP) is 4.00. The highest BCUT2D eigenvalue weighted by Gasteiger charge is 2.50. The molecule has 6 nitrogen and oxygen atoms in total. The number of likely N-dealkylation sites (tertiary alicyclic amines) is 1. The van der Waals surface area contributed by atoms with Gasteiger partial charge in [-0.1, -0.05) is 11.6 Å². The van der Waals surface area contributed by atoms with Crippen LogP contribution in [0.3, 0.4) is 0 Å². The lowest BCUT2D eigenvalue weighted by Crippen LogP contribution is -2.55. The number of benzene rings is 1. The molecular weight excluding hydrogens is 414 g/mol. The summed E-state index contributed by atoms with van der Waals surface area (Å²) in [6.07, 6.45) is 0.803. The summed E-state index contributed by atoms with van der Waals surface area (Å²) in [6, 6.07) is 7.12. The molecule has 1 saturated heterocycles. The van der Waals surface area contributed by atoms with Crippen molar-refractivity contribution in [1.82, 2.24) is 20.1 Å². The van der Waals surface area contributed by atoms with Gasteiger partial charge in [0.25, 0.3) is 0 Å². The van der Waals surface area contributed by atoms with Crippen molar-refractivity contribution in [2.75, 3.05) is 20.1 Å². The SMILES string of the molecule is CN(C(=O)NCc1cc2cc(Cl)ccc2[nH]1)[C@@H]1CCCN(C(=O)C2CC(F)(F)C2)C1. The molecule has 1 aromatic heterocycles. The van der Waals surface area contributed by atoms with Gasteiger partial charge in [-0.3, -0.25) is 4.79 Å². The van der Waals surface area contributed by atoms with Crippen LogP contribution in [0.4, 0.5) is 13.6 Å². The predicted molar refractivity (Wildman–Crippen MR) is 111 cm³/mol. The van der Waals surface area contributed by atoms with Crippen LogP contribution in [0.5, 0.6) is 0 Å². The number of hydrogen-bond donors (Lipinski definition) is 2. The first-order valence-corrected chi connectivity index (χ1v) is 10.5. The van der Waals surface area contributed by atoms with Crippen molar-refractivity contribution in [3.05, 3.63) is 35.0 Å². The van der Waals surface area contributed by atoms with Crippen molar-refractivity contribution in [3.63, 3.8) is 0 Å². The van der Waals surface area contributed by atoms with E-state index < -0.39 is 11.8 Å². The lowest BCUT2D eigenvalue weighted by molar-refractivity contribution is -0.161. The number of rotatable bonds is 4. The van der Waals surface area contributed by atoms with E-state index in [1.165, 1.54) is 0 Å². The summed E-state index contributed by atoms with van der Waals surface area (Å²) in [5, 5.41) is 4.52. The number of alkyl halides is 2. The lowest BCUT2D eigenvalue weighted by atomic mass is 9.80. The van der Waals surface area contributed by atoms with Crippen LogP contribution in [-0.2, 0) is 11.3 Å². The molecule has 3 amide bonds. The average molecular weight is 439 g/mol. The van der Waals surface area contributed by atoms with Gasteiger partial charge < -0.3 is 20.1 Å². The number of piperidine rings is 1. The fourth-order valence-electron chi connectivity index (χ4n) is 4.29. The van der Waals surface area contributed by atoms with Gasteiger partial charge >= 0.3 is 6.03 Å². The standard InChI is InChI=1S/C21H25ClF2N4O2/c1-27(17-3-2-6-28(12-17)19(29)14-9-21(23,24)10-14)20(30)25-11-16-8-13-7-15(22)4-5-18(13)26-16/h4-5,7-8,14,17,26H,2-3,6,9-12H2,1H3,(H,25,30)/t17-/m1/s1. The number of halogens is 3. The zero-order chi connectivity index (χ0) is 21.5. The molecule has 1 saturated carbocycles. The Bertz CT molecular complexity index is 956. The van der Waals surface area contributed by atoms with Gasteiger partial charge in [-0.25, -0.2) is 13.6 Å². The Kier molecular flexibility index (Phi) is 5.61. The molecule has 162 valence electrons. The fraction of sp³-hybridized carbons (Fsp3) is 0.524. The number of urea groups is 1. The molecule has 0 bridgehead atoms. The van der Waals surface area contributed by atoms with Crippen LogP contribution in [0.15, 0.2) is 24.3 Å². The smallest absolute Gasteiger partial charge is 0.317 e. The van der Waals surface area contributed by atoms with Crippen LogP contribution in [0.1, 0.15) is 31.4 Å². The normalized spacial score (nSPS) is 21.3. The second kappa shape index (κ2) is 8.06. The number of nitrogens with zero attached hydrogens (tertiary/aromatic N) is 2. The average Bonchev–Trinajstić information content (AvgIpc) is 3.11. The van der Waals surface area contributed by atoms with Crippen LogP contribution >= 0.6 is 11.6 Å². The van der Waals surface area contributed by atoms with E-state index in [-0.39, 0.29) is 30.8 Å². The highest BCUT2D eigenvalue weighted by atomic mass is 35.5. The third kappa shape index (κ3) is 4.38. The van der Waals surface area contributed by atoms with Gasteiger partial charge in [0.05, 0.1) is 12.6 Å². The van der Waals surface area contributed by atoms with Crippen LogP contribution in [0, 0.1) is 5.92 Å². The molecule has 1 aromatic carbocycles. The number of nitrogens with one attached hydrogen (secondary N) is 2. The molecule has 9 heteroatoms. The highest BCUT2D eigenvalue weighted by molar-refractivity contribution is 6.31. The summed E-state index contributed by atoms with van der Waals surface area (Å²) < 4.78 is 26.2.